The number of amides is 2. The molecule has 7 heteroatoms. The molecule has 0 spiro atoms. The lowest BCUT2D eigenvalue weighted by atomic mass is 10.1. The van der Waals surface area contributed by atoms with E-state index in [1.165, 1.54) is 6.92 Å². The maximum absolute atomic E-state index is 12.3. The Hall–Kier alpha value is -3.48. The van der Waals surface area contributed by atoms with Crippen molar-refractivity contribution in [2.45, 2.75) is 33.1 Å². The molecule has 0 unspecified atom stereocenters. The van der Waals surface area contributed by atoms with Gasteiger partial charge in [-0.05, 0) is 43.2 Å². The molecule has 3 aromatic rings. The molecule has 0 radical (unpaired) electrons. The number of carbonyl (C=O) groups is 2. The van der Waals surface area contributed by atoms with Crippen LogP contribution in [-0.2, 0) is 16.0 Å². The molecular weight excluding hydrogens is 356 g/mol. The second-order valence-corrected chi connectivity index (χ2v) is 6.59. The third-order valence-electron chi connectivity index (χ3n) is 4.40. The highest BCUT2D eigenvalue weighted by Crippen LogP contribution is 2.23. The lowest BCUT2D eigenvalue weighted by Crippen LogP contribution is -2.15. The summed E-state index contributed by atoms with van der Waals surface area (Å²) in [7, 11) is 0. The van der Waals surface area contributed by atoms with Crippen LogP contribution in [0, 0.1) is 6.92 Å². The number of anilines is 2. The first kappa shape index (κ1) is 19.3. The first-order valence-electron chi connectivity index (χ1n) is 9.09. The van der Waals surface area contributed by atoms with E-state index in [4.69, 9.17) is 0 Å². The van der Waals surface area contributed by atoms with Crippen LogP contribution >= 0.6 is 0 Å². The van der Waals surface area contributed by atoms with Crippen LogP contribution in [0.5, 0.6) is 0 Å². The third-order valence-corrected chi connectivity index (χ3v) is 4.40. The molecule has 28 heavy (non-hydrogen) atoms. The van der Waals surface area contributed by atoms with Crippen molar-refractivity contribution in [1.29, 1.82) is 0 Å². The number of aryl methyl sites for hydroxylation is 1. The first-order valence-corrected chi connectivity index (χ1v) is 9.09. The highest BCUT2D eigenvalue weighted by molar-refractivity contribution is 5.95. The van der Waals surface area contributed by atoms with Crippen molar-refractivity contribution in [2.75, 3.05) is 10.6 Å². The predicted molar refractivity (Wildman–Crippen MR) is 109 cm³/mol. The minimum atomic E-state index is -0.171. The molecule has 2 aromatic carbocycles. The van der Waals surface area contributed by atoms with Gasteiger partial charge < -0.3 is 15.6 Å². The number of aromatic nitrogens is 2. The number of nitrogens with zero attached hydrogens (tertiary/aromatic N) is 1. The van der Waals surface area contributed by atoms with E-state index < -0.39 is 0 Å². The molecule has 0 atom stereocenters. The van der Waals surface area contributed by atoms with Crippen molar-refractivity contribution in [2.24, 2.45) is 0 Å². The number of para-hydroxylation sites is 1. The van der Waals surface area contributed by atoms with Gasteiger partial charge in [0.05, 0.1) is 10.9 Å². The quantitative estimate of drug-likeness (QED) is 0.613. The molecule has 0 aliphatic rings. The SMILES string of the molecule is CC(=O)Nc1cccc(NC(=O)CCCc2nc3ccccc3c(=O)[nH]2)c1C. The molecule has 0 saturated heterocycles. The number of rotatable bonds is 6. The van der Waals surface area contributed by atoms with E-state index in [0.29, 0.717) is 47.4 Å². The van der Waals surface area contributed by atoms with E-state index in [1.54, 1.807) is 36.4 Å². The molecule has 0 fully saturated rings. The molecule has 1 heterocycles. The fourth-order valence-electron chi connectivity index (χ4n) is 2.98. The predicted octanol–water partition coefficient (Wildman–Crippen LogP) is 3.15. The Morgan fingerprint density at radius 3 is 2.50 bits per heavy atom. The van der Waals surface area contributed by atoms with Crippen LogP contribution in [0.4, 0.5) is 11.4 Å². The van der Waals surface area contributed by atoms with Crippen LogP contribution in [0.15, 0.2) is 47.3 Å². The van der Waals surface area contributed by atoms with E-state index in [0.717, 1.165) is 5.56 Å². The lowest BCUT2D eigenvalue weighted by Gasteiger charge is -2.12. The number of hydrogen-bond donors (Lipinski definition) is 3. The molecule has 0 aliphatic heterocycles. The van der Waals surface area contributed by atoms with Gasteiger partial charge in [-0.25, -0.2) is 4.98 Å². The zero-order chi connectivity index (χ0) is 20.1. The molecule has 7 nitrogen and oxygen atoms in total. The van der Waals surface area contributed by atoms with Gasteiger partial charge in [0.25, 0.3) is 5.56 Å². The van der Waals surface area contributed by atoms with Gasteiger partial charge >= 0.3 is 0 Å². The minimum Gasteiger partial charge on any atom is -0.326 e. The second-order valence-electron chi connectivity index (χ2n) is 6.59. The van der Waals surface area contributed by atoms with Crippen molar-refractivity contribution in [1.82, 2.24) is 9.97 Å². The molecule has 2 amide bonds. The number of benzene rings is 2. The van der Waals surface area contributed by atoms with Crippen LogP contribution in [-0.4, -0.2) is 21.8 Å². The average Bonchev–Trinajstić information content (AvgIpc) is 2.65. The highest BCUT2D eigenvalue weighted by atomic mass is 16.2. The topological polar surface area (TPSA) is 104 Å². The molecule has 3 N–H and O–H groups in total. The Morgan fingerprint density at radius 1 is 1.04 bits per heavy atom. The largest absolute Gasteiger partial charge is 0.326 e. The zero-order valence-electron chi connectivity index (χ0n) is 15.8. The second kappa shape index (κ2) is 8.47. The van der Waals surface area contributed by atoms with E-state index in [2.05, 4.69) is 20.6 Å². The maximum Gasteiger partial charge on any atom is 0.258 e. The van der Waals surface area contributed by atoms with Gasteiger partial charge in [0.15, 0.2) is 0 Å². The average molecular weight is 378 g/mol. The molecule has 0 aliphatic carbocycles. The minimum absolute atomic E-state index is 0.133. The lowest BCUT2D eigenvalue weighted by molar-refractivity contribution is -0.116. The molecule has 0 saturated carbocycles. The van der Waals surface area contributed by atoms with Crippen LogP contribution in [0.1, 0.15) is 31.2 Å². The fourth-order valence-corrected chi connectivity index (χ4v) is 2.98. The van der Waals surface area contributed by atoms with Crippen LogP contribution in [0.3, 0.4) is 0 Å². The summed E-state index contributed by atoms with van der Waals surface area (Å²) in [6.45, 7) is 3.28. The standard InChI is InChI=1S/C21H22N4O3/c1-13-16(22-14(2)26)9-5-10-17(13)24-20(27)12-6-11-19-23-18-8-4-3-7-15(18)21(28)25-19/h3-5,7-10H,6,11-12H2,1-2H3,(H,22,26)(H,24,27)(H,23,25,28). The van der Waals surface area contributed by atoms with Crippen LogP contribution < -0.4 is 16.2 Å². The van der Waals surface area contributed by atoms with Crippen molar-refractivity contribution >= 4 is 34.1 Å². The van der Waals surface area contributed by atoms with E-state index in [9.17, 15) is 14.4 Å². The Morgan fingerprint density at radius 2 is 1.75 bits per heavy atom. The van der Waals surface area contributed by atoms with Crippen molar-refractivity contribution in [3.05, 3.63) is 64.2 Å². The maximum atomic E-state index is 12.3. The number of hydrogen-bond acceptors (Lipinski definition) is 4. The Balaban J connectivity index is 1.60. The number of aromatic amines is 1. The number of carbonyl (C=O) groups excluding carboxylic acids is 2. The molecule has 1 aromatic heterocycles. The van der Waals surface area contributed by atoms with Crippen molar-refractivity contribution in [3.63, 3.8) is 0 Å². The van der Waals surface area contributed by atoms with E-state index in [-0.39, 0.29) is 17.4 Å². The van der Waals surface area contributed by atoms with Gasteiger partial charge in [-0.15, -0.1) is 0 Å². The smallest absolute Gasteiger partial charge is 0.258 e. The van der Waals surface area contributed by atoms with Gasteiger partial charge in [-0.2, -0.15) is 0 Å². The molecule has 3 rings (SSSR count). The summed E-state index contributed by atoms with van der Waals surface area (Å²) in [5.41, 5.74) is 2.61. The van der Waals surface area contributed by atoms with E-state index in [1.807, 2.05) is 13.0 Å². The summed E-state index contributed by atoms with van der Waals surface area (Å²) >= 11 is 0. The van der Waals surface area contributed by atoms with Gasteiger partial charge in [0.1, 0.15) is 5.82 Å². The third kappa shape index (κ3) is 4.62. The normalized spacial score (nSPS) is 10.6. The summed E-state index contributed by atoms with van der Waals surface area (Å²) in [5.74, 6) is 0.273. The Bertz CT molecular complexity index is 1090. The van der Waals surface area contributed by atoms with Gasteiger partial charge in [0.2, 0.25) is 11.8 Å². The first-order chi connectivity index (χ1) is 13.4. The van der Waals surface area contributed by atoms with Crippen molar-refractivity contribution < 1.29 is 9.59 Å². The Labute approximate surface area is 162 Å². The van der Waals surface area contributed by atoms with Crippen LogP contribution in [0.2, 0.25) is 0 Å². The van der Waals surface area contributed by atoms with Gasteiger partial charge in [-0.3, -0.25) is 14.4 Å². The molecular formula is C21H22N4O3. The number of fused-ring (bicyclic) bond motifs is 1. The Kier molecular flexibility index (Phi) is 5.84. The zero-order valence-corrected chi connectivity index (χ0v) is 15.8. The van der Waals surface area contributed by atoms with Crippen LogP contribution in [0.25, 0.3) is 10.9 Å². The fraction of sp³-hybridized carbons (Fsp3) is 0.238. The summed E-state index contributed by atoms with van der Waals surface area (Å²) in [6, 6.07) is 12.5. The van der Waals surface area contributed by atoms with Gasteiger partial charge in [0, 0.05) is 31.1 Å². The summed E-state index contributed by atoms with van der Waals surface area (Å²) in [4.78, 5) is 42.8. The molecule has 0 bridgehead atoms. The highest BCUT2D eigenvalue weighted by Gasteiger charge is 2.09. The molecule has 144 valence electrons. The van der Waals surface area contributed by atoms with E-state index >= 15 is 0 Å². The number of nitrogens with one attached hydrogen (secondary N) is 3. The van der Waals surface area contributed by atoms with Crippen molar-refractivity contribution in [3.8, 4) is 0 Å². The summed E-state index contributed by atoms with van der Waals surface area (Å²) in [6.07, 6.45) is 1.34. The van der Waals surface area contributed by atoms with Gasteiger partial charge in [-0.1, -0.05) is 18.2 Å². The number of H-pyrrole nitrogens is 1. The monoisotopic (exact) mass is 378 g/mol. The summed E-state index contributed by atoms with van der Waals surface area (Å²) < 4.78 is 0. The summed E-state index contributed by atoms with van der Waals surface area (Å²) in [5, 5.41) is 6.16.